The Morgan fingerprint density at radius 3 is 2.15 bits per heavy atom. The fourth-order valence-electron chi connectivity index (χ4n) is 3.58. The van der Waals surface area contributed by atoms with Crippen LogP contribution in [0.2, 0.25) is 0 Å². The van der Waals surface area contributed by atoms with Gasteiger partial charge in [-0.15, -0.1) is 0 Å². The lowest BCUT2D eigenvalue weighted by molar-refractivity contribution is -0.117. The smallest absolute Gasteiger partial charge is 0.256 e. The fourth-order valence-corrected chi connectivity index (χ4v) is 3.58. The number of carbonyl (C=O) groups excluding carboxylic acids is 2. The lowest BCUT2D eigenvalue weighted by Crippen LogP contribution is -2.31. The number of aromatic nitrogens is 4. The fraction of sp³-hybridized carbons (Fsp3) is 0.160. The van der Waals surface area contributed by atoms with Crippen LogP contribution in [-0.2, 0) is 16.1 Å². The maximum Gasteiger partial charge on any atom is 0.256 e. The molecule has 0 saturated carbocycles. The first kappa shape index (κ1) is 22.7. The lowest BCUT2D eigenvalue weighted by Gasteiger charge is -2.15. The molecular formula is C25H24N6O3. The van der Waals surface area contributed by atoms with Crippen LogP contribution in [0.25, 0.3) is 17.2 Å². The van der Waals surface area contributed by atoms with Crippen molar-refractivity contribution in [3.8, 4) is 17.2 Å². The van der Waals surface area contributed by atoms with Crippen LogP contribution < -0.4 is 16.2 Å². The summed E-state index contributed by atoms with van der Waals surface area (Å²) in [6.45, 7) is 4.89. The molecule has 0 radical (unpaired) electrons. The number of aryl methyl sites for hydroxylation is 2. The van der Waals surface area contributed by atoms with Gasteiger partial charge in [-0.2, -0.15) is 5.10 Å². The van der Waals surface area contributed by atoms with Gasteiger partial charge in [-0.1, -0.05) is 30.3 Å². The maximum atomic E-state index is 13.1. The summed E-state index contributed by atoms with van der Waals surface area (Å²) in [5.74, 6) is -0.321. The molecule has 2 amide bonds. The van der Waals surface area contributed by atoms with Gasteiger partial charge >= 0.3 is 0 Å². The van der Waals surface area contributed by atoms with E-state index in [9.17, 15) is 14.4 Å². The number of nitrogens with one attached hydrogen (secondary N) is 2. The van der Waals surface area contributed by atoms with Crippen LogP contribution in [0, 0.1) is 13.8 Å². The highest BCUT2D eigenvalue weighted by atomic mass is 16.2. The summed E-state index contributed by atoms with van der Waals surface area (Å²) in [5.41, 5.74) is 3.64. The molecule has 172 valence electrons. The lowest BCUT2D eigenvalue weighted by atomic mass is 10.1. The van der Waals surface area contributed by atoms with Crippen LogP contribution >= 0.6 is 0 Å². The molecule has 0 atom stereocenters. The van der Waals surface area contributed by atoms with Crippen LogP contribution in [0.1, 0.15) is 18.3 Å². The van der Waals surface area contributed by atoms with Gasteiger partial charge in [0, 0.05) is 35.6 Å². The SMILES string of the molecule is CC(=O)Nc1ccc(NC(=O)Cn2c(-n3nc(C)cc3C)nc(-c3ccccc3)cc2=O)cc1. The molecule has 4 aromatic rings. The molecule has 0 fully saturated rings. The highest BCUT2D eigenvalue weighted by Gasteiger charge is 2.17. The minimum Gasteiger partial charge on any atom is -0.326 e. The molecular weight excluding hydrogens is 432 g/mol. The molecule has 0 spiro atoms. The van der Waals surface area contributed by atoms with E-state index in [-0.39, 0.29) is 24.0 Å². The molecule has 0 unspecified atom stereocenters. The van der Waals surface area contributed by atoms with Crippen molar-refractivity contribution in [3.63, 3.8) is 0 Å². The second-order valence-corrected chi connectivity index (χ2v) is 7.88. The van der Waals surface area contributed by atoms with Crippen molar-refractivity contribution in [1.29, 1.82) is 0 Å². The summed E-state index contributed by atoms with van der Waals surface area (Å²) < 4.78 is 2.87. The second-order valence-electron chi connectivity index (χ2n) is 7.88. The van der Waals surface area contributed by atoms with E-state index in [1.807, 2.05) is 50.2 Å². The average molecular weight is 457 g/mol. The van der Waals surface area contributed by atoms with E-state index in [1.54, 1.807) is 28.9 Å². The van der Waals surface area contributed by atoms with Gasteiger partial charge in [0.2, 0.25) is 17.8 Å². The van der Waals surface area contributed by atoms with Crippen molar-refractivity contribution in [2.24, 2.45) is 0 Å². The largest absolute Gasteiger partial charge is 0.326 e. The Morgan fingerprint density at radius 2 is 1.56 bits per heavy atom. The first-order valence-electron chi connectivity index (χ1n) is 10.7. The minimum atomic E-state index is -0.397. The molecule has 4 rings (SSSR count). The van der Waals surface area contributed by atoms with Gasteiger partial charge in [0.05, 0.1) is 11.4 Å². The Kier molecular flexibility index (Phi) is 6.35. The zero-order chi connectivity index (χ0) is 24.2. The highest BCUT2D eigenvalue weighted by molar-refractivity contribution is 5.92. The third kappa shape index (κ3) is 5.09. The summed E-state index contributed by atoms with van der Waals surface area (Å²) in [5, 5.41) is 9.91. The molecule has 0 aliphatic rings. The van der Waals surface area contributed by atoms with Crippen molar-refractivity contribution in [2.75, 3.05) is 10.6 Å². The van der Waals surface area contributed by atoms with Crippen LogP contribution in [-0.4, -0.2) is 31.1 Å². The van der Waals surface area contributed by atoms with Gasteiger partial charge in [0.1, 0.15) is 6.54 Å². The van der Waals surface area contributed by atoms with Crippen molar-refractivity contribution >= 4 is 23.2 Å². The molecule has 0 aliphatic heterocycles. The van der Waals surface area contributed by atoms with E-state index in [0.717, 1.165) is 17.0 Å². The van der Waals surface area contributed by atoms with E-state index in [2.05, 4.69) is 15.7 Å². The monoisotopic (exact) mass is 456 g/mol. The van der Waals surface area contributed by atoms with Gasteiger partial charge in [-0.3, -0.25) is 19.0 Å². The number of rotatable bonds is 6. The molecule has 2 aromatic carbocycles. The number of carbonyl (C=O) groups is 2. The summed E-state index contributed by atoms with van der Waals surface area (Å²) in [4.78, 5) is 41.8. The van der Waals surface area contributed by atoms with Crippen molar-refractivity contribution in [3.05, 3.63) is 88.5 Å². The number of anilines is 2. The topological polar surface area (TPSA) is 111 Å². The number of hydrogen-bond acceptors (Lipinski definition) is 5. The third-order valence-corrected chi connectivity index (χ3v) is 5.05. The van der Waals surface area contributed by atoms with Gasteiger partial charge in [-0.25, -0.2) is 9.67 Å². The molecule has 0 bridgehead atoms. The number of amides is 2. The van der Waals surface area contributed by atoms with E-state index in [1.165, 1.54) is 17.6 Å². The molecule has 0 saturated heterocycles. The van der Waals surface area contributed by atoms with Gasteiger partial charge in [0.25, 0.3) is 5.56 Å². The Morgan fingerprint density at radius 1 is 0.912 bits per heavy atom. The summed E-state index contributed by atoms with van der Waals surface area (Å²) >= 11 is 0. The quantitative estimate of drug-likeness (QED) is 0.462. The predicted molar refractivity (Wildman–Crippen MR) is 130 cm³/mol. The maximum absolute atomic E-state index is 13.1. The number of nitrogens with zero attached hydrogens (tertiary/aromatic N) is 4. The van der Waals surface area contributed by atoms with Crippen LogP contribution in [0.15, 0.2) is 71.5 Å². The van der Waals surface area contributed by atoms with E-state index < -0.39 is 5.91 Å². The molecule has 9 heteroatoms. The van der Waals surface area contributed by atoms with Gasteiger partial charge in [0.15, 0.2) is 0 Å². The Hall–Kier alpha value is -4.53. The van der Waals surface area contributed by atoms with Crippen LogP contribution in [0.4, 0.5) is 11.4 Å². The molecule has 2 N–H and O–H groups in total. The molecule has 0 aliphatic carbocycles. The summed E-state index contributed by atoms with van der Waals surface area (Å²) in [7, 11) is 0. The summed E-state index contributed by atoms with van der Waals surface area (Å²) in [6.07, 6.45) is 0. The standard InChI is InChI=1S/C25H24N6O3/c1-16-13-17(2)31(29-16)25-28-22(19-7-5-4-6-8-19)14-24(34)30(25)15-23(33)27-21-11-9-20(10-12-21)26-18(3)32/h4-14H,15H2,1-3H3,(H,26,32)(H,27,33). The Balaban J connectivity index is 1.66. The van der Waals surface area contributed by atoms with Crippen molar-refractivity contribution < 1.29 is 9.59 Å². The zero-order valence-corrected chi connectivity index (χ0v) is 19.1. The molecule has 34 heavy (non-hydrogen) atoms. The Labute approximate surface area is 196 Å². The third-order valence-electron chi connectivity index (χ3n) is 5.05. The van der Waals surface area contributed by atoms with Crippen LogP contribution in [0.5, 0.6) is 0 Å². The van der Waals surface area contributed by atoms with E-state index in [4.69, 9.17) is 4.98 Å². The van der Waals surface area contributed by atoms with Crippen LogP contribution in [0.3, 0.4) is 0 Å². The predicted octanol–water partition coefficient (Wildman–Crippen LogP) is 3.31. The van der Waals surface area contributed by atoms with Gasteiger partial charge < -0.3 is 10.6 Å². The number of benzene rings is 2. The van der Waals surface area contributed by atoms with E-state index in [0.29, 0.717) is 17.1 Å². The van der Waals surface area contributed by atoms with Crippen molar-refractivity contribution in [2.45, 2.75) is 27.3 Å². The van der Waals surface area contributed by atoms with Crippen molar-refractivity contribution in [1.82, 2.24) is 19.3 Å². The zero-order valence-electron chi connectivity index (χ0n) is 19.1. The van der Waals surface area contributed by atoms with E-state index >= 15 is 0 Å². The normalized spacial score (nSPS) is 10.7. The Bertz CT molecular complexity index is 1410. The number of hydrogen-bond donors (Lipinski definition) is 2. The molecule has 2 aromatic heterocycles. The molecule has 2 heterocycles. The first-order valence-corrected chi connectivity index (χ1v) is 10.7. The summed E-state index contributed by atoms with van der Waals surface area (Å²) in [6, 6.07) is 19.4. The molecule has 9 nitrogen and oxygen atoms in total. The average Bonchev–Trinajstić information content (AvgIpc) is 3.14. The second kappa shape index (κ2) is 9.53. The minimum absolute atomic E-state index is 0.181. The first-order chi connectivity index (χ1) is 16.3. The highest BCUT2D eigenvalue weighted by Crippen LogP contribution is 2.18. The van der Waals surface area contributed by atoms with Gasteiger partial charge in [-0.05, 0) is 44.2 Å².